The number of amides is 1. The van der Waals surface area contributed by atoms with Crippen LogP contribution in [0.25, 0.3) is 0 Å². The molecule has 0 radical (unpaired) electrons. The summed E-state index contributed by atoms with van der Waals surface area (Å²) in [5, 5.41) is 0.345. The Morgan fingerprint density at radius 2 is 1.93 bits per heavy atom. The van der Waals surface area contributed by atoms with E-state index in [0.717, 1.165) is 35.5 Å². The first-order valence-electron chi connectivity index (χ1n) is 10.1. The lowest BCUT2D eigenvalue weighted by molar-refractivity contribution is -0.128. The van der Waals surface area contributed by atoms with Crippen LogP contribution < -0.4 is 9.47 Å². The van der Waals surface area contributed by atoms with Gasteiger partial charge in [-0.25, -0.2) is 4.39 Å². The van der Waals surface area contributed by atoms with Crippen LogP contribution in [0.3, 0.4) is 0 Å². The van der Waals surface area contributed by atoms with Gasteiger partial charge < -0.3 is 14.4 Å². The van der Waals surface area contributed by atoms with Crippen molar-refractivity contribution in [2.75, 3.05) is 13.7 Å². The normalized spacial score (nSPS) is 19.8. The van der Waals surface area contributed by atoms with E-state index < -0.39 is 0 Å². The molecule has 2 fully saturated rings. The summed E-state index contributed by atoms with van der Waals surface area (Å²) >= 11 is 6.14. The van der Waals surface area contributed by atoms with E-state index in [0.29, 0.717) is 24.5 Å². The van der Waals surface area contributed by atoms with Gasteiger partial charge in [-0.05, 0) is 61.1 Å². The Kier molecular flexibility index (Phi) is 5.95. The predicted octanol–water partition coefficient (Wildman–Crippen LogP) is 5.33. The van der Waals surface area contributed by atoms with Crippen LogP contribution in [0.15, 0.2) is 36.4 Å². The van der Waals surface area contributed by atoms with Gasteiger partial charge in [0.05, 0.1) is 13.2 Å². The molecule has 1 aliphatic heterocycles. The summed E-state index contributed by atoms with van der Waals surface area (Å²) in [6.07, 6.45) is 5.22. The number of nitrogens with zero attached hydrogens (tertiary/aromatic N) is 1. The highest BCUT2D eigenvalue weighted by Crippen LogP contribution is 2.37. The molecule has 154 valence electrons. The molecular weight excluding hydrogens is 393 g/mol. The third-order valence-electron chi connectivity index (χ3n) is 5.85. The van der Waals surface area contributed by atoms with Gasteiger partial charge in [0.15, 0.2) is 11.5 Å². The zero-order valence-corrected chi connectivity index (χ0v) is 17.3. The average Bonchev–Trinajstić information content (AvgIpc) is 3.34. The van der Waals surface area contributed by atoms with Gasteiger partial charge in [0, 0.05) is 30.5 Å². The lowest BCUT2D eigenvalue weighted by Crippen LogP contribution is -2.24. The second-order valence-electron chi connectivity index (χ2n) is 7.85. The molecule has 29 heavy (non-hydrogen) atoms. The van der Waals surface area contributed by atoms with E-state index in [4.69, 9.17) is 21.1 Å². The lowest BCUT2D eigenvalue weighted by atomic mass is 9.98. The molecule has 1 saturated heterocycles. The first-order chi connectivity index (χ1) is 14.0. The highest BCUT2D eigenvalue weighted by Gasteiger charge is 2.31. The van der Waals surface area contributed by atoms with Gasteiger partial charge in [0.2, 0.25) is 5.91 Å². The van der Waals surface area contributed by atoms with Crippen molar-refractivity contribution in [1.29, 1.82) is 0 Å². The Bertz CT molecular complexity index is 898. The molecule has 2 aromatic rings. The molecule has 2 aromatic carbocycles. The standard InChI is InChI=1S/C23H25ClFNO3/c1-28-21-9-7-15(10-22(21)29-19-4-2-3-5-19)17-11-23(27)26(14-17)13-16-6-8-18(25)12-20(16)24/h6-10,12,17,19H,2-5,11,13-14H2,1H3/t17-/m1/s1. The quantitative estimate of drug-likeness (QED) is 0.638. The number of carbonyl (C=O) groups excluding carboxylic acids is 1. The minimum Gasteiger partial charge on any atom is -0.493 e. The van der Waals surface area contributed by atoms with Crippen molar-refractivity contribution in [2.45, 2.75) is 50.7 Å². The third kappa shape index (κ3) is 4.50. The minimum atomic E-state index is -0.377. The van der Waals surface area contributed by atoms with Gasteiger partial charge in [-0.2, -0.15) is 0 Å². The van der Waals surface area contributed by atoms with E-state index >= 15 is 0 Å². The molecule has 0 aromatic heterocycles. The second kappa shape index (κ2) is 8.62. The van der Waals surface area contributed by atoms with E-state index in [2.05, 4.69) is 0 Å². The van der Waals surface area contributed by atoms with Crippen molar-refractivity contribution < 1.29 is 18.7 Å². The summed E-state index contributed by atoms with van der Waals surface area (Å²) < 4.78 is 24.9. The van der Waals surface area contributed by atoms with E-state index in [-0.39, 0.29) is 23.7 Å². The monoisotopic (exact) mass is 417 g/mol. The van der Waals surface area contributed by atoms with Crippen LogP contribution in [0.5, 0.6) is 11.5 Å². The first-order valence-corrected chi connectivity index (χ1v) is 10.5. The van der Waals surface area contributed by atoms with E-state index in [9.17, 15) is 9.18 Å². The lowest BCUT2D eigenvalue weighted by Gasteiger charge is -2.20. The average molecular weight is 418 g/mol. The molecule has 1 atom stereocenters. The minimum absolute atomic E-state index is 0.0736. The molecular formula is C23H25ClFNO3. The summed E-state index contributed by atoms with van der Waals surface area (Å²) in [5.41, 5.74) is 1.82. The smallest absolute Gasteiger partial charge is 0.223 e. The fourth-order valence-electron chi connectivity index (χ4n) is 4.23. The number of hydrogen-bond donors (Lipinski definition) is 0. The summed E-state index contributed by atoms with van der Waals surface area (Å²) in [7, 11) is 1.64. The highest BCUT2D eigenvalue weighted by molar-refractivity contribution is 6.31. The number of halogens is 2. The van der Waals surface area contributed by atoms with Crippen molar-refractivity contribution in [3.05, 3.63) is 58.4 Å². The van der Waals surface area contributed by atoms with Crippen LogP contribution in [-0.4, -0.2) is 30.6 Å². The number of hydrogen-bond acceptors (Lipinski definition) is 3. The maximum Gasteiger partial charge on any atom is 0.223 e. The molecule has 0 bridgehead atoms. The molecule has 1 heterocycles. The molecule has 0 N–H and O–H groups in total. The SMILES string of the molecule is COc1ccc([C@@H]2CC(=O)N(Cc3ccc(F)cc3Cl)C2)cc1OC1CCCC1. The van der Waals surface area contributed by atoms with Gasteiger partial charge in [0.25, 0.3) is 0 Å². The topological polar surface area (TPSA) is 38.8 Å². The molecule has 6 heteroatoms. The fourth-order valence-corrected chi connectivity index (χ4v) is 4.46. The van der Waals surface area contributed by atoms with Crippen LogP contribution >= 0.6 is 11.6 Å². The Balaban J connectivity index is 1.49. The van der Waals surface area contributed by atoms with Gasteiger partial charge in [-0.15, -0.1) is 0 Å². The van der Waals surface area contributed by atoms with Gasteiger partial charge in [-0.3, -0.25) is 4.79 Å². The van der Waals surface area contributed by atoms with Crippen LogP contribution in [0.4, 0.5) is 4.39 Å². The molecule has 1 aliphatic carbocycles. The number of methoxy groups -OCH3 is 1. The molecule has 1 amide bonds. The van der Waals surface area contributed by atoms with Crippen molar-refractivity contribution in [1.82, 2.24) is 4.90 Å². The first kappa shape index (κ1) is 20.0. The Morgan fingerprint density at radius 1 is 1.14 bits per heavy atom. The Morgan fingerprint density at radius 3 is 2.66 bits per heavy atom. The van der Waals surface area contributed by atoms with Crippen LogP contribution in [0.2, 0.25) is 5.02 Å². The zero-order chi connectivity index (χ0) is 20.4. The molecule has 1 saturated carbocycles. The largest absolute Gasteiger partial charge is 0.493 e. The summed E-state index contributed by atoms with van der Waals surface area (Å²) in [6.45, 7) is 0.984. The number of likely N-dealkylation sites (tertiary alicyclic amines) is 1. The van der Waals surface area contributed by atoms with Crippen LogP contribution in [0, 0.1) is 5.82 Å². The number of ether oxygens (including phenoxy) is 2. The molecule has 0 spiro atoms. The maximum absolute atomic E-state index is 13.3. The van der Waals surface area contributed by atoms with Crippen molar-refractivity contribution in [3.63, 3.8) is 0 Å². The van der Waals surface area contributed by atoms with Crippen molar-refractivity contribution in [2.24, 2.45) is 0 Å². The van der Waals surface area contributed by atoms with Gasteiger partial charge in [-0.1, -0.05) is 23.7 Å². The number of carbonyl (C=O) groups is 1. The molecule has 0 unspecified atom stereocenters. The predicted molar refractivity (Wildman–Crippen MR) is 110 cm³/mol. The van der Waals surface area contributed by atoms with E-state index in [1.54, 1.807) is 18.1 Å². The van der Waals surface area contributed by atoms with Gasteiger partial charge >= 0.3 is 0 Å². The van der Waals surface area contributed by atoms with Crippen molar-refractivity contribution >= 4 is 17.5 Å². The van der Waals surface area contributed by atoms with Crippen LogP contribution in [0.1, 0.15) is 49.1 Å². The third-order valence-corrected chi connectivity index (χ3v) is 6.20. The highest BCUT2D eigenvalue weighted by atomic mass is 35.5. The molecule has 2 aliphatic rings. The van der Waals surface area contributed by atoms with Gasteiger partial charge in [0.1, 0.15) is 5.82 Å². The number of rotatable bonds is 6. The Hall–Kier alpha value is -2.27. The second-order valence-corrected chi connectivity index (χ2v) is 8.25. The summed E-state index contributed by atoms with van der Waals surface area (Å²) in [6, 6.07) is 10.2. The summed E-state index contributed by atoms with van der Waals surface area (Å²) in [4.78, 5) is 14.4. The fraction of sp³-hybridized carbons (Fsp3) is 0.435. The Labute approximate surface area is 175 Å². The zero-order valence-electron chi connectivity index (χ0n) is 16.5. The summed E-state index contributed by atoms with van der Waals surface area (Å²) in [5.74, 6) is 1.25. The van der Waals surface area contributed by atoms with Crippen LogP contribution in [-0.2, 0) is 11.3 Å². The van der Waals surface area contributed by atoms with E-state index in [1.165, 1.54) is 25.0 Å². The molecule has 4 nitrogen and oxygen atoms in total. The van der Waals surface area contributed by atoms with Crippen molar-refractivity contribution in [3.8, 4) is 11.5 Å². The molecule has 4 rings (SSSR count). The number of benzene rings is 2. The van der Waals surface area contributed by atoms with E-state index in [1.807, 2.05) is 18.2 Å². The maximum atomic E-state index is 13.3.